The van der Waals surface area contributed by atoms with E-state index in [0.717, 1.165) is 10.7 Å². The number of aromatic nitrogens is 1. The van der Waals surface area contributed by atoms with Gasteiger partial charge in [-0.3, -0.25) is 0 Å². The molecule has 0 saturated carbocycles. The van der Waals surface area contributed by atoms with Gasteiger partial charge in [-0.25, -0.2) is 4.98 Å². The van der Waals surface area contributed by atoms with Gasteiger partial charge in [0.1, 0.15) is 5.01 Å². The number of nitrogens with zero attached hydrogens (tertiary/aromatic N) is 1. The maximum absolute atomic E-state index is 6.28. The highest BCUT2D eigenvalue weighted by molar-refractivity contribution is 7.13. The molecule has 3 aromatic rings. The molecule has 0 aliphatic carbocycles. The fraction of sp³-hybridized carbons (Fsp3) is 0.350. The zero-order chi connectivity index (χ0) is 17.4. The second kappa shape index (κ2) is 6.43. The maximum atomic E-state index is 6.28. The first-order valence-corrected chi connectivity index (χ1v) is 12.1. The third-order valence-electron chi connectivity index (χ3n) is 4.94. The standard InChI is InChI=1S/C20H25NOSSi/c1-20(2,3)24(4,5)22-13-18-14-23-19(21-18)17-11-10-15-8-6-7-9-16(15)12-17/h6-12,14H,13H2,1-5H3. The molecule has 2 aromatic carbocycles. The zero-order valence-corrected chi connectivity index (χ0v) is 16.9. The van der Waals surface area contributed by atoms with Crippen LogP contribution in [0.4, 0.5) is 0 Å². The van der Waals surface area contributed by atoms with Crippen LogP contribution in [0, 0.1) is 0 Å². The Kier molecular flexibility index (Phi) is 4.64. The SMILES string of the molecule is CC(C)(C)[Si](C)(C)OCc1csc(-c2ccc3ccccc3c2)n1. The van der Waals surface area contributed by atoms with Crippen molar-refractivity contribution in [1.82, 2.24) is 4.98 Å². The van der Waals surface area contributed by atoms with Gasteiger partial charge in [0.15, 0.2) is 8.32 Å². The Labute approximate surface area is 149 Å². The summed E-state index contributed by atoms with van der Waals surface area (Å²) >= 11 is 1.69. The van der Waals surface area contributed by atoms with Crippen LogP contribution in [0.15, 0.2) is 47.8 Å². The van der Waals surface area contributed by atoms with E-state index in [1.165, 1.54) is 16.3 Å². The molecular weight excluding hydrogens is 330 g/mol. The molecule has 3 rings (SSSR count). The molecule has 0 spiro atoms. The van der Waals surface area contributed by atoms with Crippen LogP contribution < -0.4 is 0 Å². The molecule has 0 saturated heterocycles. The van der Waals surface area contributed by atoms with Crippen molar-refractivity contribution in [1.29, 1.82) is 0 Å². The lowest BCUT2D eigenvalue weighted by Gasteiger charge is -2.35. The van der Waals surface area contributed by atoms with E-state index in [2.05, 4.69) is 81.7 Å². The Morgan fingerprint density at radius 2 is 1.75 bits per heavy atom. The third kappa shape index (κ3) is 3.61. The Morgan fingerprint density at radius 3 is 2.46 bits per heavy atom. The first-order chi connectivity index (χ1) is 11.3. The van der Waals surface area contributed by atoms with Gasteiger partial charge in [0.05, 0.1) is 12.3 Å². The topological polar surface area (TPSA) is 22.1 Å². The molecule has 0 amide bonds. The summed E-state index contributed by atoms with van der Waals surface area (Å²) in [5.41, 5.74) is 2.21. The van der Waals surface area contributed by atoms with E-state index in [1.54, 1.807) is 11.3 Å². The summed E-state index contributed by atoms with van der Waals surface area (Å²) in [6.45, 7) is 12.0. The van der Waals surface area contributed by atoms with Gasteiger partial charge in [-0.2, -0.15) is 0 Å². The number of fused-ring (bicyclic) bond motifs is 1. The van der Waals surface area contributed by atoms with Gasteiger partial charge in [-0.15, -0.1) is 11.3 Å². The number of hydrogen-bond donors (Lipinski definition) is 0. The van der Waals surface area contributed by atoms with Crippen LogP contribution in [-0.4, -0.2) is 13.3 Å². The van der Waals surface area contributed by atoms with Crippen LogP contribution in [0.2, 0.25) is 18.1 Å². The van der Waals surface area contributed by atoms with Gasteiger partial charge < -0.3 is 4.43 Å². The summed E-state index contributed by atoms with van der Waals surface area (Å²) in [6, 6.07) is 15.0. The highest BCUT2D eigenvalue weighted by Gasteiger charge is 2.37. The summed E-state index contributed by atoms with van der Waals surface area (Å²) in [4.78, 5) is 4.79. The van der Waals surface area contributed by atoms with Crippen LogP contribution in [0.3, 0.4) is 0 Å². The van der Waals surface area contributed by atoms with Gasteiger partial charge >= 0.3 is 0 Å². The average molecular weight is 356 g/mol. The molecule has 0 atom stereocenters. The lowest BCUT2D eigenvalue weighted by atomic mass is 10.1. The van der Waals surface area contributed by atoms with Crippen molar-refractivity contribution < 1.29 is 4.43 Å². The van der Waals surface area contributed by atoms with Crippen molar-refractivity contribution in [3.05, 3.63) is 53.5 Å². The first kappa shape index (κ1) is 17.3. The lowest BCUT2D eigenvalue weighted by Crippen LogP contribution is -2.40. The molecular formula is C20H25NOSSi. The highest BCUT2D eigenvalue weighted by atomic mass is 32.1. The minimum Gasteiger partial charge on any atom is -0.411 e. The Balaban J connectivity index is 1.77. The molecule has 0 N–H and O–H groups in total. The zero-order valence-electron chi connectivity index (χ0n) is 15.1. The molecule has 0 bridgehead atoms. The fourth-order valence-electron chi connectivity index (χ4n) is 2.30. The van der Waals surface area contributed by atoms with Gasteiger partial charge in [0.2, 0.25) is 0 Å². The van der Waals surface area contributed by atoms with Crippen molar-refractivity contribution in [3.8, 4) is 10.6 Å². The van der Waals surface area contributed by atoms with Crippen LogP contribution in [0.1, 0.15) is 26.5 Å². The van der Waals surface area contributed by atoms with Crippen LogP contribution in [0.25, 0.3) is 21.3 Å². The predicted molar refractivity (Wildman–Crippen MR) is 107 cm³/mol. The molecule has 1 heterocycles. The quantitative estimate of drug-likeness (QED) is 0.499. The Hall–Kier alpha value is -1.49. The van der Waals surface area contributed by atoms with E-state index in [4.69, 9.17) is 9.41 Å². The normalized spacial score (nSPS) is 12.7. The second-order valence-corrected chi connectivity index (χ2v) is 13.4. The van der Waals surface area contributed by atoms with Crippen molar-refractivity contribution >= 4 is 30.4 Å². The van der Waals surface area contributed by atoms with Crippen LogP contribution in [0.5, 0.6) is 0 Å². The van der Waals surface area contributed by atoms with Crippen LogP contribution in [-0.2, 0) is 11.0 Å². The largest absolute Gasteiger partial charge is 0.411 e. The summed E-state index contributed by atoms with van der Waals surface area (Å²) in [6.07, 6.45) is 0. The van der Waals surface area contributed by atoms with Crippen molar-refractivity contribution in [2.75, 3.05) is 0 Å². The van der Waals surface area contributed by atoms with E-state index >= 15 is 0 Å². The molecule has 0 unspecified atom stereocenters. The van der Waals surface area contributed by atoms with Crippen LogP contribution >= 0.6 is 11.3 Å². The predicted octanol–water partition coefficient (Wildman–Crippen LogP) is 6.49. The Morgan fingerprint density at radius 1 is 1.04 bits per heavy atom. The van der Waals surface area contributed by atoms with Gasteiger partial charge in [-0.05, 0) is 35.0 Å². The van der Waals surface area contributed by atoms with E-state index in [1.807, 2.05) is 0 Å². The molecule has 2 nitrogen and oxygen atoms in total. The Bertz CT molecular complexity index is 848. The van der Waals surface area contributed by atoms with Gasteiger partial charge in [0.25, 0.3) is 0 Å². The third-order valence-corrected chi connectivity index (χ3v) is 10.4. The maximum Gasteiger partial charge on any atom is 0.192 e. The van der Waals surface area contributed by atoms with Crippen molar-refractivity contribution in [2.45, 2.75) is 45.5 Å². The summed E-state index contributed by atoms with van der Waals surface area (Å²) in [5, 5.41) is 5.93. The molecule has 126 valence electrons. The average Bonchev–Trinajstić information content (AvgIpc) is 3.00. The number of hydrogen-bond acceptors (Lipinski definition) is 3. The van der Waals surface area contributed by atoms with Crippen molar-refractivity contribution in [2.24, 2.45) is 0 Å². The molecule has 24 heavy (non-hydrogen) atoms. The summed E-state index contributed by atoms with van der Waals surface area (Å²) in [5.74, 6) is 0. The molecule has 0 aliphatic rings. The van der Waals surface area contributed by atoms with E-state index in [-0.39, 0.29) is 5.04 Å². The number of rotatable bonds is 4. The smallest absolute Gasteiger partial charge is 0.192 e. The van der Waals surface area contributed by atoms with E-state index in [9.17, 15) is 0 Å². The second-order valence-electron chi connectivity index (χ2n) is 7.75. The highest BCUT2D eigenvalue weighted by Crippen LogP contribution is 2.37. The van der Waals surface area contributed by atoms with Crippen molar-refractivity contribution in [3.63, 3.8) is 0 Å². The lowest BCUT2D eigenvalue weighted by molar-refractivity contribution is 0.273. The summed E-state index contributed by atoms with van der Waals surface area (Å²) in [7, 11) is -1.73. The number of thiazole rings is 1. The minimum atomic E-state index is -1.73. The number of benzene rings is 2. The van der Waals surface area contributed by atoms with E-state index < -0.39 is 8.32 Å². The fourth-order valence-corrected chi connectivity index (χ4v) is 4.04. The van der Waals surface area contributed by atoms with Gasteiger partial charge in [-0.1, -0.05) is 57.2 Å². The molecule has 1 aromatic heterocycles. The minimum absolute atomic E-state index is 0.226. The summed E-state index contributed by atoms with van der Waals surface area (Å²) < 4.78 is 6.28. The molecule has 0 fully saturated rings. The molecule has 0 aliphatic heterocycles. The first-order valence-electron chi connectivity index (χ1n) is 8.34. The van der Waals surface area contributed by atoms with E-state index in [0.29, 0.717) is 6.61 Å². The van der Waals surface area contributed by atoms with Gasteiger partial charge in [0, 0.05) is 10.9 Å². The monoisotopic (exact) mass is 355 g/mol. The molecule has 4 heteroatoms. The molecule has 0 radical (unpaired) electrons.